The third kappa shape index (κ3) is 2.13. The van der Waals surface area contributed by atoms with Crippen LogP contribution in [-0.2, 0) is 0 Å². The standard InChI is InChI=1S/C14H13NO2/c1-15-12-9-5-8-11(14(16)17)13(12)10-6-3-2-4-7-10/h2-9,15H,1H3,(H,16,17). The largest absolute Gasteiger partial charge is 0.478 e. The molecular formula is C14H13NO2. The first kappa shape index (κ1) is 11.2. The van der Waals surface area contributed by atoms with Gasteiger partial charge in [0.1, 0.15) is 0 Å². The van der Waals surface area contributed by atoms with E-state index in [1.165, 1.54) is 0 Å². The zero-order valence-electron chi connectivity index (χ0n) is 9.47. The van der Waals surface area contributed by atoms with Gasteiger partial charge in [-0.3, -0.25) is 0 Å². The highest BCUT2D eigenvalue weighted by Gasteiger charge is 2.14. The molecule has 86 valence electrons. The molecule has 3 heteroatoms. The van der Waals surface area contributed by atoms with Crippen molar-refractivity contribution in [3.8, 4) is 11.1 Å². The van der Waals surface area contributed by atoms with E-state index in [9.17, 15) is 9.90 Å². The number of carboxylic acid groups (broad SMARTS) is 1. The minimum Gasteiger partial charge on any atom is -0.478 e. The predicted molar refractivity (Wildman–Crippen MR) is 68.4 cm³/mol. The van der Waals surface area contributed by atoms with Crippen LogP contribution in [0.15, 0.2) is 48.5 Å². The monoisotopic (exact) mass is 227 g/mol. The van der Waals surface area contributed by atoms with Crippen LogP contribution in [-0.4, -0.2) is 18.1 Å². The average Bonchev–Trinajstić information content (AvgIpc) is 2.38. The van der Waals surface area contributed by atoms with Crippen molar-refractivity contribution in [1.29, 1.82) is 0 Å². The van der Waals surface area contributed by atoms with Gasteiger partial charge in [0.2, 0.25) is 0 Å². The lowest BCUT2D eigenvalue weighted by Crippen LogP contribution is -2.02. The molecule has 0 aliphatic heterocycles. The van der Waals surface area contributed by atoms with Crippen molar-refractivity contribution in [3.05, 3.63) is 54.1 Å². The second-order valence-electron chi connectivity index (χ2n) is 3.65. The summed E-state index contributed by atoms with van der Waals surface area (Å²) in [5.41, 5.74) is 2.75. The molecule has 0 aliphatic carbocycles. The molecule has 0 radical (unpaired) electrons. The first-order valence-electron chi connectivity index (χ1n) is 5.33. The summed E-state index contributed by atoms with van der Waals surface area (Å²) in [5, 5.41) is 12.2. The van der Waals surface area contributed by atoms with E-state index in [-0.39, 0.29) is 0 Å². The highest BCUT2D eigenvalue weighted by molar-refractivity contribution is 6.00. The average molecular weight is 227 g/mol. The maximum atomic E-state index is 11.2. The summed E-state index contributed by atoms with van der Waals surface area (Å²) in [6, 6.07) is 14.7. The van der Waals surface area contributed by atoms with Crippen LogP contribution in [0.4, 0.5) is 5.69 Å². The van der Waals surface area contributed by atoms with E-state index in [1.807, 2.05) is 36.4 Å². The van der Waals surface area contributed by atoms with E-state index in [2.05, 4.69) is 5.32 Å². The van der Waals surface area contributed by atoms with Crippen molar-refractivity contribution in [3.63, 3.8) is 0 Å². The molecule has 3 nitrogen and oxygen atoms in total. The Bertz CT molecular complexity index is 535. The molecule has 0 aliphatic rings. The van der Waals surface area contributed by atoms with Gasteiger partial charge in [0.25, 0.3) is 0 Å². The Hall–Kier alpha value is -2.29. The van der Waals surface area contributed by atoms with E-state index >= 15 is 0 Å². The number of rotatable bonds is 3. The first-order chi connectivity index (χ1) is 8.24. The normalized spacial score (nSPS) is 9.94. The Kier molecular flexibility index (Phi) is 3.10. The summed E-state index contributed by atoms with van der Waals surface area (Å²) in [6.07, 6.45) is 0. The highest BCUT2D eigenvalue weighted by Crippen LogP contribution is 2.31. The summed E-state index contributed by atoms with van der Waals surface area (Å²) in [5.74, 6) is -0.916. The zero-order valence-corrected chi connectivity index (χ0v) is 9.47. The molecule has 17 heavy (non-hydrogen) atoms. The fourth-order valence-electron chi connectivity index (χ4n) is 1.85. The minimum absolute atomic E-state index is 0.308. The quantitative estimate of drug-likeness (QED) is 0.847. The molecular weight excluding hydrogens is 214 g/mol. The van der Waals surface area contributed by atoms with Gasteiger partial charge in [0.05, 0.1) is 5.56 Å². The number of hydrogen-bond acceptors (Lipinski definition) is 2. The van der Waals surface area contributed by atoms with Crippen molar-refractivity contribution < 1.29 is 9.90 Å². The molecule has 0 heterocycles. The number of hydrogen-bond donors (Lipinski definition) is 2. The fourth-order valence-corrected chi connectivity index (χ4v) is 1.85. The summed E-state index contributed by atoms with van der Waals surface area (Å²) < 4.78 is 0. The topological polar surface area (TPSA) is 49.3 Å². The number of anilines is 1. The number of aromatic carboxylic acids is 1. The van der Waals surface area contributed by atoms with Crippen LogP contribution in [0, 0.1) is 0 Å². The molecule has 2 rings (SSSR count). The predicted octanol–water partition coefficient (Wildman–Crippen LogP) is 3.09. The third-order valence-electron chi connectivity index (χ3n) is 2.63. The third-order valence-corrected chi connectivity index (χ3v) is 2.63. The van der Waals surface area contributed by atoms with E-state index in [0.717, 1.165) is 16.8 Å². The molecule has 0 fully saturated rings. The molecule has 0 bridgehead atoms. The molecule has 0 amide bonds. The summed E-state index contributed by atoms with van der Waals surface area (Å²) >= 11 is 0. The Balaban J connectivity index is 2.69. The molecule has 2 aromatic carbocycles. The molecule has 2 aromatic rings. The van der Waals surface area contributed by atoms with Crippen LogP contribution in [0.5, 0.6) is 0 Å². The summed E-state index contributed by atoms with van der Waals surface area (Å²) in [7, 11) is 1.79. The molecule has 0 saturated heterocycles. The number of carboxylic acids is 1. The Morgan fingerprint density at radius 2 is 1.76 bits per heavy atom. The van der Waals surface area contributed by atoms with Crippen molar-refractivity contribution in [2.24, 2.45) is 0 Å². The Morgan fingerprint density at radius 3 is 2.35 bits per heavy atom. The van der Waals surface area contributed by atoms with Crippen molar-refractivity contribution in [2.45, 2.75) is 0 Å². The van der Waals surface area contributed by atoms with Crippen molar-refractivity contribution in [1.82, 2.24) is 0 Å². The van der Waals surface area contributed by atoms with E-state index in [0.29, 0.717) is 5.56 Å². The lowest BCUT2D eigenvalue weighted by molar-refractivity contribution is 0.0698. The molecule has 0 aromatic heterocycles. The van der Waals surface area contributed by atoms with Gasteiger partial charge in [-0.1, -0.05) is 36.4 Å². The number of benzene rings is 2. The SMILES string of the molecule is CNc1cccc(C(=O)O)c1-c1ccccc1. The smallest absolute Gasteiger partial charge is 0.336 e. The van der Waals surface area contributed by atoms with Crippen LogP contribution < -0.4 is 5.32 Å². The lowest BCUT2D eigenvalue weighted by atomic mass is 9.97. The van der Waals surface area contributed by atoms with Crippen LogP contribution in [0.2, 0.25) is 0 Å². The van der Waals surface area contributed by atoms with Gasteiger partial charge in [0, 0.05) is 18.3 Å². The molecule has 2 N–H and O–H groups in total. The highest BCUT2D eigenvalue weighted by atomic mass is 16.4. The van der Waals surface area contributed by atoms with Crippen molar-refractivity contribution in [2.75, 3.05) is 12.4 Å². The van der Waals surface area contributed by atoms with Crippen LogP contribution in [0.25, 0.3) is 11.1 Å². The van der Waals surface area contributed by atoms with Gasteiger partial charge in [0.15, 0.2) is 0 Å². The summed E-state index contributed by atoms with van der Waals surface area (Å²) in [6.45, 7) is 0. The summed E-state index contributed by atoms with van der Waals surface area (Å²) in [4.78, 5) is 11.2. The van der Waals surface area contributed by atoms with Gasteiger partial charge >= 0.3 is 5.97 Å². The van der Waals surface area contributed by atoms with Crippen molar-refractivity contribution >= 4 is 11.7 Å². The fraction of sp³-hybridized carbons (Fsp3) is 0.0714. The number of nitrogens with one attached hydrogen (secondary N) is 1. The Morgan fingerprint density at radius 1 is 1.06 bits per heavy atom. The van der Waals surface area contributed by atoms with E-state index in [4.69, 9.17) is 0 Å². The van der Waals surface area contributed by atoms with Gasteiger partial charge in [-0.05, 0) is 17.7 Å². The lowest BCUT2D eigenvalue weighted by Gasteiger charge is -2.12. The maximum absolute atomic E-state index is 11.2. The first-order valence-corrected chi connectivity index (χ1v) is 5.33. The minimum atomic E-state index is -0.916. The second kappa shape index (κ2) is 4.70. The molecule has 0 atom stereocenters. The van der Waals surface area contributed by atoms with Gasteiger partial charge in [-0.15, -0.1) is 0 Å². The molecule has 0 spiro atoms. The van der Waals surface area contributed by atoms with Crippen LogP contribution in [0.3, 0.4) is 0 Å². The molecule has 0 saturated carbocycles. The van der Waals surface area contributed by atoms with Gasteiger partial charge in [-0.2, -0.15) is 0 Å². The van der Waals surface area contributed by atoms with Gasteiger partial charge < -0.3 is 10.4 Å². The zero-order chi connectivity index (χ0) is 12.3. The second-order valence-corrected chi connectivity index (χ2v) is 3.65. The maximum Gasteiger partial charge on any atom is 0.336 e. The van der Waals surface area contributed by atoms with Gasteiger partial charge in [-0.25, -0.2) is 4.79 Å². The van der Waals surface area contributed by atoms with E-state index in [1.54, 1.807) is 19.2 Å². The van der Waals surface area contributed by atoms with Crippen LogP contribution in [0.1, 0.15) is 10.4 Å². The Labute approximate surface area is 99.7 Å². The van der Waals surface area contributed by atoms with Crippen LogP contribution >= 0.6 is 0 Å². The molecule has 0 unspecified atom stereocenters. The number of carbonyl (C=O) groups is 1. The van der Waals surface area contributed by atoms with E-state index < -0.39 is 5.97 Å².